The first-order chi connectivity index (χ1) is 14.7. The van der Waals surface area contributed by atoms with E-state index in [9.17, 15) is 13.2 Å². The van der Waals surface area contributed by atoms with E-state index in [1.54, 1.807) is 54.7 Å². The molecule has 0 unspecified atom stereocenters. The van der Waals surface area contributed by atoms with Gasteiger partial charge < -0.3 is 9.47 Å². The van der Waals surface area contributed by atoms with Crippen LogP contribution in [0.5, 0.6) is 23.1 Å². The number of Topliss-reactive ketones (excluding diaryl/α,β-unsaturated/α-hetero) is 1. The Balaban J connectivity index is 0.000000785. The first kappa shape index (κ1) is 24.1. The van der Waals surface area contributed by atoms with E-state index in [1.165, 1.54) is 31.9 Å². The number of sulfone groups is 1. The summed E-state index contributed by atoms with van der Waals surface area (Å²) >= 11 is 0. The number of ketones is 1. The van der Waals surface area contributed by atoms with Crippen LogP contribution in [0.2, 0.25) is 0 Å². The van der Waals surface area contributed by atoms with Gasteiger partial charge in [-0.3, -0.25) is 4.79 Å². The Morgan fingerprint density at radius 2 is 1.48 bits per heavy atom. The Kier molecular flexibility index (Phi) is 8.75. The van der Waals surface area contributed by atoms with Crippen LogP contribution in [-0.2, 0) is 9.84 Å². The minimum Gasteiger partial charge on any atom is -0.457 e. The molecule has 2 aromatic carbocycles. The molecule has 0 atom stereocenters. The summed E-state index contributed by atoms with van der Waals surface area (Å²) in [6.45, 7) is 5.81. The minimum absolute atomic E-state index is 0.140. The Hall–Kier alpha value is -3.19. The van der Waals surface area contributed by atoms with Crippen LogP contribution in [0.3, 0.4) is 0 Å². The fourth-order valence-corrected chi connectivity index (χ4v) is 2.94. The number of aromatic nitrogens is 1. The summed E-state index contributed by atoms with van der Waals surface area (Å²) in [5.41, 5.74) is 0.422. The Labute approximate surface area is 183 Å². The van der Waals surface area contributed by atoms with Crippen molar-refractivity contribution in [2.45, 2.75) is 38.5 Å². The van der Waals surface area contributed by atoms with E-state index >= 15 is 0 Å². The van der Waals surface area contributed by atoms with Crippen LogP contribution < -0.4 is 9.47 Å². The molecule has 0 fully saturated rings. The second-order valence-electron chi connectivity index (χ2n) is 6.86. The van der Waals surface area contributed by atoms with Gasteiger partial charge in [-0.2, -0.15) is 0 Å². The molecule has 0 saturated carbocycles. The molecule has 31 heavy (non-hydrogen) atoms. The second-order valence-corrected chi connectivity index (χ2v) is 8.88. The molecule has 7 heteroatoms. The second kappa shape index (κ2) is 11.3. The van der Waals surface area contributed by atoms with Crippen molar-refractivity contribution in [2.24, 2.45) is 0 Å². The molecule has 0 amide bonds. The molecule has 0 aliphatic heterocycles. The molecule has 1 heterocycles. The molecule has 164 valence electrons. The number of hydrogen-bond acceptors (Lipinski definition) is 6. The highest BCUT2D eigenvalue weighted by atomic mass is 32.2. The van der Waals surface area contributed by atoms with E-state index in [0.717, 1.165) is 6.26 Å². The summed E-state index contributed by atoms with van der Waals surface area (Å²) < 4.78 is 34.5. The van der Waals surface area contributed by atoms with Crippen molar-refractivity contribution in [3.63, 3.8) is 0 Å². The number of rotatable bonds is 7. The zero-order valence-electron chi connectivity index (χ0n) is 18.2. The van der Waals surface area contributed by atoms with Crippen molar-refractivity contribution in [2.75, 3.05) is 6.26 Å². The van der Waals surface area contributed by atoms with Crippen molar-refractivity contribution in [1.82, 2.24) is 4.98 Å². The van der Waals surface area contributed by atoms with E-state index in [2.05, 4.69) is 18.8 Å². The maximum atomic E-state index is 11.8. The minimum atomic E-state index is -3.28. The van der Waals surface area contributed by atoms with Crippen molar-refractivity contribution in [3.05, 3.63) is 72.4 Å². The number of hydrogen-bond donors (Lipinski definition) is 0. The van der Waals surface area contributed by atoms with Crippen LogP contribution in [0.15, 0.2) is 71.8 Å². The standard InChI is InChI=1S/C20H17NO5S.C4H10/c1-14(22)15-11-17(13-18(12-15)26-20-5-3-4-10-21-20)25-16-6-8-19(9-7-16)27(2,23)24;1-3-4-2/h3-13H,1-2H3;3-4H2,1-2H3. The SMILES string of the molecule is CC(=O)c1cc(Oc2ccc(S(C)(=O)=O)cc2)cc(Oc2ccccn2)c1.CCCC. The summed E-state index contributed by atoms with van der Waals surface area (Å²) in [6.07, 6.45) is 5.38. The fourth-order valence-electron chi connectivity index (χ4n) is 2.31. The highest BCUT2D eigenvalue weighted by Gasteiger charge is 2.10. The number of carbonyl (C=O) groups is 1. The van der Waals surface area contributed by atoms with Crippen LogP contribution >= 0.6 is 0 Å². The lowest BCUT2D eigenvalue weighted by Gasteiger charge is -2.11. The van der Waals surface area contributed by atoms with E-state index in [4.69, 9.17) is 9.47 Å². The first-order valence-electron chi connectivity index (χ1n) is 9.95. The molecular formula is C24H27NO5S. The third-order valence-electron chi connectivity index (χ3n) is 4.13. The van der Waals surface area contributed by atoms with Gasteiger partial charge in [-0.05, 0) is 49.4 Å². The van der Waals surface area contributed by atoms with Crippen LogP contribution in [0.25, 0.3) is 0 Å². The summed E-state index contributed by atoms with van der Waals surface area (Å²) in [7, 11) is -3.28. The van der Waals surface area contributed by atoms with Crippen molar-refractivity contribution in [3.8, 4) is 23.1 Å². The zero-order valence-corrected chi connectivity index (χ0v) is 19.0. The highest BCUT2D eigenvalue weighted by Crippen LogP contribution is 2.30. The maximum absolute atomic E-state index is 11.8. The van der Waals surface area contributed by atoms with Gasteiger partial charge in [0.1, 0.15) is 17.2 Å². The molecule has 6 nitrogen and oxygen atoms in total. The van der Waals surface area contributed by atoms with Gasteiger partial charge in [0.25, 0.3) is 0 Å². The highest BCUT2D eigenvalue weighted by molar-refractivity contribution is 7.90. The average molecular weight is 442 g/mol. The molecule has 0 N–H and O–H groups in total. The molecule has 0 aliphatic carbocycles. The van der Waals surface area contributed by atoms with E-state index < -0.39 is 9.84 Å². The molecule has 3 aromatic rings. The number of pyridine rings is 1. The Morgan fingerprint density at radius 3 is 1.97 bits per heavy atom. The lowest BCUT2D eigenvalue weighted by Crippen LogP contribution is -1.97. The predicted molar refractivity (Wildman–Crippen MR) is 121 cm³/mol. The number of nitrogens with zero attached hydrogens (tertiary/aromatic N) is 1. The number of benzene rings is 2. The third-order valence-corrected chi connectivity index (χ3v) is 5.26. The molecule has 0 bridgehead atoms. The van der Waals surface area contributed by atoms with Gasteiger partial charge in [-0.25, -0.2) is 13.4 Å². The van der Waals surface area contributed by atoms with Crippen molar-refractivity contribution < 1.29 is 22.7 Å². The Morgan fingerprint density at radius 1 is 0.871 bits per heavy atom. The summed E-state index contributed by atoms with van der Waals surface area (Å²) in [5, 5.41) is 0. The lowest BCUT2D eigenvalue weighted by atomic mass is 10.1. The van der Waals surface area contributed by atoms with Gasteiger partial charge in [0.2, 0.25) is 5.88 Å². The van der Waals surface area contributed by atoms with Gasteiger partial charge in [0, 0.05) is 30.1 Å². The third kappa shape index (κ3) is 7.86. The van der Waals surface area contributed by atoms with Crippen LogP contribution in [0.1, 0.15) is 44.0 Å². The molecule has 0 saturated heterocycles. The molecule has 3 rings (SSSR count). The first-order valence-corrected chi connectivity index (χ1v) is 11.8. The van der Waals surface area contributed by atoms with Gasteiger partial charge in [0.15, 0.2) is 15.6 Å². The molecule has 0 spiro atoms. The zero-order chi connectivity index (χ0) is 22.9. The lowest BCUT2D eigenvalue weighted by molar-refractivity contribution is 0.101. The molecule has 1 aromatic heterocycles. The quantitative estimate of drug-likeness (QED) is 0.413. The normalized spacial score (nSPS) is 10.6. The fraction of sp³-hybridized carbons (Fsp3) is 0.250. The molecule has 0 aliphatic rings. The predicted octanol–water partition coefficient (Wildman–Crippen LogP) is 6.08. The van der Waals surface area contributed by atoms with E-state index in [-0.39, 0.29) is 10.7 Å². The summed E-state index contributed by atoms with van der Waals surface area (Å²) in [6, 6.07) is 16.1. The van der Waals surface area contributed by atoms with Crippen molar-refractivity contribution >= 4 is 15.6 Å². The van der Waals surface area contributed by atoms with Gasteiger partial charge >= 0.3 is 0 Å². The van der Waals surface area contributed by atoms with Crippen LogP contribution in [-0.4, -0.2) is 25.4 Å². The van der Waals surface area contributed by atoms with Crippen molar-refractivity contribution in [1.29, 1.82) is 0 Å². The number of carbonyl (C=O) groups excluding carboxylic acids is 1. The van der Waals surface area contributed by atoms with Gasteiger partial charge in [-0.15, -0.1) is 0 Å². The van der Waals surface area contributed by atoms with Crippen LogP contribution in [0, 0.1) is 0 Å². The molecular weight excluding hydrogens is 414 g/mol. The smallest absolute Gasteiger partial charge is 0.219 e. The van der Waals surface area contributed by atoms with E-state index in [0.29, 0.717) is 28.7 Å². The topological polar surface area (TPSA) is 82.6 Å². The van der Waals surface area contributed by atoms with Crippen LogP contribution in [0.4, 0.5) is 0 Å². The summed E-state index contributed by atoms with van der Waals surface area (Å²) in [5.74, 6) is 1.48. The Bertz CT molecular complexity index is 1090. The van der Waals surface area contributed by atoms with Gasteiger partial charge in [-0.1, -0.05) is 32.8 Å². The average Bonchev–Trinajstić information content (AvgIpc) is 2.74. The monoisotopic (exact) mass is 441 g/mol. The van der Waals surface area contributed by atoms with E-state index in [1.807, 2.05) is 0 Å². The van der Waals surface area contributed by atoms with Gasteiger partial charge in [0.05, 0.1) is 4.90 Å². The number of ether oxygens (including phenoxy) is 2. The largest absolute Gasteiger partial charge is 0.457 e. The molecule has 0 radical (unpaired) electrons. The summed E-state index contributed by atoms with van der Waals surface area (Å²) in [4.78, 5) is 16.1. The maximum Gasteiger partial charge on any atom is 0.219 e. The number of unbranched alkanes of at least 4 members (excludes halogenated alkanes) is 1.